The van der Waals surface area contributed by atoms with Gasteiger partial charge in [0.15, 0.2) is 0 Å². The first-order valence-electron chi connectivity index (χ1n) is 5.75. The minimum absolute atomic E-state index is 0.0647. The maximum atomic E-state index is 11.0. The molecule has 0 fully saturated rings. The van der Waals surface area contributed by atoms with Gasteiger partial charge in [0, 0.05) is 22.7 Å². The van der Waals surface area contributed by atoms with E-state index in [1.807, 2.05) is 0 Å². The van der Waals surface area contributed by atoms with Crippen LogP contribution in [0.4, 0.5) is 11.4 Å². The summed E-state index contributed by atoms with van der Waals surface area (Å²) in [6.45, 7) is 1.63. The quantitative estimate of drug-likeness (QED) is 0.601. The molecule has 0 aliphatic rings. The number of hydrogen-bond acceptors (Lipinski definition) is 5. The summed E-state index contributed by atoms with van der Waals surface area (Å²) < 4.78 is 6.06. The fourth-order valence-corrected chi connectivity index (χ4v) is 2.05. The van der Waals surface area contributed by atoms with Crippen LogP contribution in [-0.2, 0) is 0 Å². The first kappa shape index (κ1) is 14.9. The number of nitro groups is 2. The van der Waals surface area contributed by atoms with Gasteiger partial charge < -0.3 is 4.74 Å². The molecule has 21 heavy (non-hydrogen) atoms. The molecule has 0 bridgehead atoms. The van der Waals surface area contributed by atoms with Crippen molar-refractivity contribution in [1.29, 1.82) is 0 Å². The van der Waals surface area contributed by atoms with Crippen molar-refractivity contribution in [3.63, 3.8) is 0 Å². The van der Waals surface area contributed by atoms with Crippen molar-refractivity contribution in [2.24, 2.45) is 0 Å². The summed E-state index contributed by atoms with van der Waals surface area (Å²) in [5.41, 5.74) is 0.258. The van der Waals surface area contributed by atoms with Gasteiger partial charge in [0.05, 0.1) is 9.85 Å². The summed E-state index contributed by atoms with van der Waals surface area (Å²) in [6.07, 6.45) is 0. The Kier molecular flexibility index (Phi) is 4.18. The molecule has 0 spiro atoms. The lowest BCUT2D eigenvalue weighted by Gasteiger charge is -2.09. The molecule has 0 unspecified atom stereocenters. The van der Waals surface area contributed by atoms with Crippen molar-refractivity contribution in [3.05, 3.63) is 66.7 Å². The molecule has 0 atom stereocenters. The van der Waals surface area contributed by atoms with E-state index in [2.05, 4.69) is 15.9 Å². The zero-order chi connectivity index (χ0) is 15.6. The average molecular weight is 353 g/mol. The largest absolute Gasteiger partial charge is 0.450 e. The highest BCUT2D eigenvalue weighted by Crippen LogP contribution is 2.35. The zero-order valence-electron chi connectivity index (χ0n) is 10.8. The molecule has 0 aromatic heterocycles. The molecule has 8 heteroatoms. The summed E-state index contributed by atoms with van der Waals surface area (Å²) >= 11 is 3.16. The molecule has 108 valence electrons. The van der Waals surface area contributed by atoms with Crippen molar-refractivity contribution in [3.8, 4) is 11.5 Å². The van der Waals surface area contributed by atoms with E-state index in [-0.39, 0.29) is 17.1 Å². The number of nitrogens with zero attached hydrogens (tertiary/aromatic N) is 2. The summed E-state index contributed by atoms with van der Waals surface area (Å²) in [4.78, 5) is 20.6. The molecule has 2 aromatic rings. The standard InChI is InChI=1S/C13H9BrN2O5/c1-8-6-10(15(17)18)3-5-12(8)21-13-4-2-9(14)7-11(13)16(19)20/h2-7H,1H3. The van der Waals surface area contributed by atoms with Gasteiger partial charge in [-0.2, -0.15) is 0 Å². The SMILES string of the molecule is Cc1cc([N+](=O)[O-])ccc1Oc1ccc(Br)cc1[N+](=O)[O-]. The molecule has 0 amide bonds. The second-order valence-corrected chi connectivity index (χ2v) is 5.09. The average Bonchev–Trinajstić information content (AvgIpc) is 2.42. The molecule has 0 aliphatic heterocycles. The Morgan fingerprint density at radius 3 is 2.24 bits per heavy atom. The molecular formula is C13H9BrN2O5. The normalized spacial score (nSPS) is 10.2. The van der Waals surface area contributed by atoms with E-state index in [0.717, 1.165) is 0 Å². The fraction of sp³-hybridized carbons (Fsp3) is 0.0769. The molecule has 0 saturated heterocycles. The summed E-state index contributed by atoms with van der Waals surface area (Å²) in [6, 6.07) is 8.45. The van der Waals surface area contributed by atoms with Crippen LogP contribution in [0.1, 0.15) is 5.56 Å². The molecule has 0 saturated carbocycles. The maximum Gasteiger partial charge on any atom is 0.312 e. The molecule has 2 rings (SSSR count). The van der Waals surface area contributed by atoms with Gasteiger partial charge in [0.2, 0.25) is 5.75 Å². The number of ether oxygens (including phenoxy) is 1. The second-order valence-electron chi connectivity index (χ2n) is 4.18. The monoisotopic (exact) mass is 352 g/mol. The van der Waals surface area contributed by atoms with E-state index in [9.17, 15) is 20.2 Å². The lowest BCUT2D eigenvalue weighted by atomic mass is 10.2. The van der Waals surface area contributed by atoms with Crippen molar-refractivity contribution in [2.45, 2.75) is 6.92 Å². The van der Waals surface area contributed by atoms with Gasteiger partial charge in [-0.3, -0.25) is 20.2 Å². The lowest BCUT2D eigenvalue weighted by Crippen LogP contribution is -1.95. The number of halogens is 1. The third kappa shape index (κ3) is 3.34. The van der Waals surface area contributed by atoms with Crippen LogP contribution in [0.25, 0.3) is 0 Å². The Labute approximate surface area is 127 Å². The van der Waals surface area contributed by atoms with Gasteiger partial charge in [-0.25, -0.2) is 0 Å². The molecular weight excluding hydrogens is 344 g/mol. The predicted octanol–water partition coefficient (Wildman–Crippen LogP) is 4.37. The van der Waals surface area contributed by atoms with E-state index < -0.39 is 9.85 Å². The number of hydrogen-bond donors (Lipinski definition) is 0. The van der Waals surface area contributed by atoms with Crippen LogP contribution in [0.3, 0.4) is 0 Å². The van der Waals surface area contributed by atoms with Crippen LogP contribution < -0.4 is 4.74 Å². The van der Waals surface area contributed by atoms with Crippen LogP contribution in [-0.4, -0.2) is 9.85 Å². The molecule has 0 N–H and O–H groups in total. The molecule has 0 aliphatic carbocycles. The highest BCUT2D eigenvalue weighted by atomic mass is 79.9. The number of rotatable bonds is 4. The fourth-order valence-electron chi connectivity index (χ4n) is 1.70. The number of benzene rings is 2. The van der Waals surface area contributed by atoms with Crippen LogP contribution in [0, 0.1) is 27.2 Å². The van der Waals surface area contributed by atoms with E-state index in [1.54, 1.807) is 13.0 Å². The van der Waals surface area contributed by atoms with Gasteiger partial charge in [-0.15, -0.1) is 0 Å². The van der Waals surface area contributed by atoms with Gasteiger partial charge in [0.25, 0.3) is 5.69 Å². The summed E-state index contributed by atoms with van der Waals surface area (Å²) in [7, 11) is 0. The minimum atomic E-state index is -0.555. The Bertz CT molecular complexity index is 732. The van der Waals surface area contributed by atoms with E-state index in [1.165, 1.54) is 30.3 Å². The Balaban J connectivity index is 2.39. The van der Waals surface area contributed by atoms with Crippen molar-refractivity contribution < 1.29 is 14.6 Å². The van der Waals surface area contributed by atoms with E-state index in [0.29, 0.717) is 15.8 Å². The van der Waals surface area contributed by atoms with Gasteiger partial charge in [0.1, 0.15) is 5.75 Å². The van der Waals surface area contributed by atoms with E-state index >= 15 is 0 Å². The Morgan fingerprint density at radius 1 is 1.00 bits per heavy atom. The predicted molar refractivity (Wildman–Crippen MR) is 78.7 cm³/mol. The third-order valence-corrected chi connectivity index (χ3v) is 3.20. The van der Waals surface area contributed by atoms with Gasteiger partial charge >= 0.3 is 5.69 Å². The van der Waals surface area contributed by atoms with Crippen molar-refractivity contribution in [2.75, 3.05) is 0 Å². The molecule has 0 heterocycles. The van der Waals surface area contributed by atoms with Gasteiger partial charge in [-0.05, 0) is 30.7 Å². The summed E-state index contributed by atoms with van der Waals surface area (Å²) in [5, 5.41) is 21.7. The zero-order valence-corrected chi connectivity index (χ0v) is 12.4. The molecule has 2 aromatic carbocycles. The Morgan fingerprint density at radius 2 is 1.67 bits per heavy atom. The highest BCUT2D eigenvalue weighted by molar-refractivity contribution is 9.10. The summed E-state index contributed by atoms with van der Waals surface area (Å²) in [5.74, 6) is 0.395. The smallest absolute Gasteiger partial charge is 0.312 e. The van der Waals surface area contributed by atoms with Crippen LogP contribution >= 0.6 is 15.9 Å². The van der Waals surface area contributed by atoms with Crippen LogP contribution in [0.15, 0.2) is 40.9 Å². The topological polar surface area (TPSA) is 95.5 Å². The maximum absolute atomic E-state index is 11.0. The second kappa shape index (κ2) is 5.88. The van der Waals surface area contributed by atoms with Crippen molar-refractivity contribution in [1.82, 2.24) is 0 Å². The molecule has 0 radical (unpaired) electrons. The van der Waals surface area contributed by atoms with Crippen LogP contribution in [0.2, 0.25) is 0 Å². The third-order valence-electron chi connectivity index (χ3n) is 2.71. The minimum Gasteiger partial charge on any atom is -0.450 e. The van der Waals surface area contributed by atoms with E-state index in [4.69, 9.17) is 4.74 Å². The Hall–Kier alpha value is -2.48. The first-order valence-corrected chi connectivity index (χ1v) is 6.54. The number of aryl methyl sites for hydroxylation is 1. The van der Waals surface area contributed by atoms with Crippen molar-refractivity contribution >= 4 is 27.3 Å². The number of nitro benzene ring substituents is 2. The first-order chi connectivity index (χ1) is 9.88. The van der Waals surface area contributed by atoms with Gasteiger partial charge in [-0.1, -0.05) is 15.9 Å². The lowest BCUT2D eigenvalue weighted by molar-refractivity contribution is -0.385. The van der Waals surface area contributed by atoms with Crippen LogP contribution in [0.5, 0.6) is 11.5 Å². The number of non-ortho nitro benzene ring substituents is 1. The molecule has 7 nitrogen and oxygen atoms in total. The highest BCUT2D eigenvalue weighted by Gasteiger charge is 2.18.